The normalized spacial score (nSPS) is 13.9. The molecule has 9 heteroatoms. The van der Waals surface area contributed by atoms with Gasteiger partial charge in [-0.1, -0.05) is 0 Å². The third kappa shape index (κ3) is 3.62. The number of ether oxygens (including phenoxy) is 1. The average Bonchev–Trinajstić information content (AvgIpc) is 3.32. The second kappa shape index (κ2) is 7.16. The number of thiazole rings is 2. The number of methoxy groups -OCH3 is 1. The summed E-state index contributed by atoms with van der Waals surface area (Å²) < 4.78 is 5.09. The molecule has 0 saturated carbocycles. The average molecular weight is 372 g/mol. The number of nitrogens with zero attached hydrogens (tertiary/aromatic N) is 4. The molecule has 0 unspecified atom stereocenters. The molecule has 3 aromatic heterocycles. The number of aliphatic imine (C=N–C) groups is 1. The van der Waals surface area contributed by atoms with Crippen LogP contribution in [0.3, 0.4) is 0 Å². The first-order chi connectivity index (χ1) is 12.3. The highest BCUT2D eigenvalue weighted by atomic mass is 32.1. The van der Waals surface area contributed by atoms with Crippen molar-refractivity contribution < 1.29 is 4.74 Å². The molecule has 4 heterocycles. The maximum Gasteiger partial charge on any atom is 0.212 e. The third-order valence-corrected chi connectivity index (χ3v) is 5.23. The van der Waals surface area contributed by atoms with Crippen molar-refractivity contribution in [1.82, 2.24) is 20.3 Å². The lowest BCUT2D eigenvalue weighted by Gasteiger charge is -2.13. The van der Waals surface area contributed by atoms with E-state index in [0.29, 0.717) is 5.88 Å². The van der Waals surface area contributed by atoms with Gasteiger partial charge in [0.2, 0.25) is 5.88 Å². The molecule has 0 amide bonds. The summed E-state index contributed by atoms with van der Waals surface area (Å²) >= 11 is 3.11. The van der Waals surface area contributed by atoms with Gasteiger partial charge in [-0.15, -0.1) is 22.7 Å². The SMILES string of the molecule is COc1ccc(-c2nc(-c3csc(NC4=NCCCN4)n3)cs2)cn1. The number of pyridine rings is 1. The highest BCUT2D eigenvalue weighted by molar-refractivity contribution is 7.14. The first kappa shape index (κ1) is 16.0. The summed E-state index contributed by atoms with van der Waals surface area (Å²) in [5.41, 5.74) is 2.68. The van der Waals surface area contributed by atoms with Crippen LogP contribution in [0.15, 0.2) is 34.1 Å². The van der Waals surface area contributed by atoms with Gasteiger partial charge in [-0.3, -0.25) is 4.99 Å². The Labute approximate surface area is 152 Å². The van der Waals surface area contributed by atoms with E-state index in [0.717, 1.165) is 52.6 Å². The van der Waals surface area contributed by atoms with Crippen LogP contribution in [0.25, 0.3) is 22.0 Å². The summed E-state index contributed by atoms with van der Waals surface area (Å²) in [5.74, 6) is 1.38. The lowest BCUT2D eigenvalue weighted by molar-refractivity contribution is 0.398. The fourth-order valence-corrected chi connectivity index (χ4v) is 3.83. The smallest absolute Gasteiger partial charge is 0.212 e. The zero-order valence-electron chi connectivity index (χ0n) is 13.5. The number of rotatable bonds is 4. The van der Waals surface area contributed by atoms with Gasteiger partial charge in [0.05, 0.1) is 7.11 Å². The predicted octanol–water partition coefficient (Wildman–Crippen LogP) is 3.10. The Morgan fingerprint density at radius 1 is 1.16 bits per heavy atom. The molecular weight excluding hydrogens is 356 g/mol. The van der Waals surface area contributed by atoms with Gasteiger partial charge >= 0.3 is 0 Å². The van der Waals surface area contributed by atoms with Crippen LogP contribution in [-0.4, -0.2) is 41.1 Å². The minimum atomic E-state index is 0.593. The largest absolute Gasteiger partial charge is 0.481 e. The topological polar surface area (TPSA) is 84.3 Å². The van der Waals surface area contributed by atoms with E-state index in [4.69, 9.17) is 4.74 Å². The Morgan fingerprint density at radius 3 is 2.80 bits per heavy atom. The minimum Gasteiger partial charge on any atom is -0.481 e. The monoisotopic (exact) mass is 372 g/mol. The van der Waals surface area contributed by atoms with E-state index in [-0.39, 0.29) is 0 Å². The summed E-state index contributed by atoms with van der Waals surface area (Å²) in [5, 5.41) is 12.2. The zero-order chi connectivity index (χ0) is 17.1. The van der Waals surface area contributed by atoms with Crippen molar-refractivity contribution in [3.8, 4) is 27.8 Å². The van der Waals surface area contributed by atoms with Crippen LogP contribution in [0.5, 0.6) is 5.88 Å². The van der Waals surface area contributed by atoms with Gasteiger partial charge in [0, 0.05) is 41.7 Å². The van der Waals surface area contributed by atoms with Gasteiger partial charge in [-0.25, -0.2) is 15.0 Å². The zero-order valence-corrected chi connectivity index (χ0v) is 15.2. The Balaban J connectivity index is 1.50. The highest BCUT2D eigenvalue weighted by Crippen LogP contribution is 2.30. The maximum absolute atomic E-state index is 5.09. The van der Waals surface area contributed by atoms with Crippen LogP contribution in [-0.2, 0) is 0 Å². The minimum absolute atomic E-state index is 0.593. The molecule has 1 aliphatic heterocycles. The maximum atomic E-state index is 5.09. The summed E-state index contributed by atoms with van der Waals surface area (Å²) in [6.45, 7) is 1.79. The Kier molecular flexibility index (Phi) is 4.57. The summed E-state index contributed by atoms with van der Waals surface area (Å²) in [6.07, 6.45) is 2.83. The number of nitrogens with one attached hydrogen (secondary N) is 2. The molecule has 0 aliphatic carbocycles. The highest BCUT2D eigenvalue weighted by Gasteiger charge is 2.12. The van der Waals surface area contributed by atoms with E-state index in [1.807, 2.05) is 22.9 Å². The molecule has 7 nitrogen and oxygen atoms in total. The standard InChI is InChI=1S/C16H16N6OS2/c1-23-13-4-3-10(7-19-13)14-20-11(8-24-14)12-9-25-16(21-12)22-15-17-5-2-6-18-15/h3-4,7-9H,2,5-6H2,1H3,(H2,17,18,21,22). The van der Waals surface area contributed by atoms with Crippen LogP contribution in [0.2, 0.25) is 0 Å². The molecule has 2 N–H and O–H groups in total. The van der Waals surface area contributed by atoms with Crippen LogP contribution in [0.4, 0.5) is 5.13 Å². The summed E-state index contributed by atoms with van der Waals surface area (Å²) in [7, 11) is 1.60. The van der Waals surface area contributed by atoms with Gasteiger partial charge in [0.1, 0.15) is 16.4 Å². The molecule has 0 aromatic carbocycles. The van der Waals surface area contributed by atoms with E-state index in [9.17, 15) is 0 Å². The first-order valence-electron chi connectivity index (χ1n) is 7.79. The van der Waals surface area contributed by atoms with Crippen molar-refractivity contribution in [2.75, 3.05) is 25.5 Å². The Bertz CT molecular complexity index is 886. The molecule has 25 heavy (non-hydrogen) atoms. The lowest BCUT2D eigenvalue weighted by atomic mass is 10.3. The van der Waals surface area contributed by atoms with Crippen LogP contribution in [0.1, 0.15) is 6.42 Å². The number of hydrogen-bond acceptors (Lipinski definition) is 9. The molecule has 0 radical (unpaired) electrons. The molecule has 0 bridgehead atoms. The van der Waals surface area contributed by atoms with Crippen molar-refractivity contribution in [2.45, 2.75) is 6.42 Å². The van der Waals surface area contributed by atoms with Gasteiger partial charge in [-0.2, -0.15) is 0 Å². The van der Waals surface area contributed by atoms with Crippen molar-refractivity contribution in [1.29, 1.82) is 0 Å². The Hall–Kier alpha value is -2.52. The molecule has 0 fully saturated rings. The molecular formula is C16H16N6OS2. The molecule has 128 valence electrons. The van der Waals surface area contributed by atoms with Gasteiger partial charge < -0.3 is 15.4 Å². The van der Waals surface area contributed by atoms with E-state index in [1.165, 1.54) is 0 Å². The molecule has 3 aromatic rings. The van der Waals surface area contributed by atoms with Crippen molar-refractivity contribution in [3.63, 3.8) is 0 Å². The number of aromatic nitrogens is 3. The number of guanidine groups is 1. The van der Waals surface area contributed by atoms with Crippen LogP contribution >= 0.6 is 22.7 Å². The van der Waals surface area contributed by atoms with E-state index in [2.05, 4.69) is 30.6 Å². The van der Waals surface area contributed by atoms with Crippen molar-refractivity contribution in [3.05, 3.63) is 29.1 Å². The van der Waals surface area contributed by atoms with Gasteiger partial charge in [-0.05, 0) is 12.5 Å². The number of anilines is 1. The summed E-state index contributed by atoms with van der Waals surface area (Å²) in [6, 6.07) is 3.79. The molecule has 1 aliphatic rings. The second-order valence-electron chi connectivity index (χ2n) is 5.30. The predicted molar refractivity (Wildman–Crippen MR) is 102 cm³/mol. The quantitative estimate of drug-likeness (QED) is 0.732. The van der Waals surface area contributed by atoms with Crippen molar-refractivity contribution in [2.24, 2.45) is 4.99 Å². The first-order valence-corrected chi connectivity index (χ1v) is 9.55. The summed E-state index contributed by atoms with van der Waals surface area (Å²) in [4.78, 5) is 17.9. The fraction of sp³-hybridized carbons (Fsp3) is 0.250. The second-order valence-corrected chi connectivity index (χ2v) is 7.02. The fourth-order valence-electron chi connectivity index (χ4n) is 2.32. The Morgan fingerprint density at radius 2 is 2.04 bits per heavy atom. The van der Waals surface area contributed by atoms with E-state index in [1.54, 1.807) is 36.0 Å². The number of hydrogen-bond donors (Lipinski definition) is 2. The van der Waals surface area contributed by atoms with Crippen LogP contribution < -0.4 is 15.4 Å². The van der Waals surface area contributed by atoms with Gasteiger partial charge in [0.15, 0.2) is 11.1 Å². The molecule has 0 atom stereocenters. The van der Waals surface area contributed by atoms with E-state index >= 15 is 0 Å². The molecule has 0 spiro atoms. The van der Waals surface area contributed by atoms with Gasteiger partial charge in [0.25, 0.3) is 0 Å². The third-order valence-electron chi connectivity index (χ3n) is 3.59. The molecule has 4 rings (SSSR count). The van der Waals surface area contributed by atoms with E-state index < -0.39 is 0 Å². The van der Waals surface area contributed by atoms with Crippen molar-refractivity contribution >= 4 is 33.8 Å². The van der Waals surface area contributed by atoms with Crippen LogP contribution in [0, 0.1) is 0 Å². The lowest BCUT2D eigenvalue weighted by Crippen LogP contribution is -2.35. The molecule has 0 saturated heterocycles.